The molecule has 1 saturated heterocycles. The van der Waals surface area contributed by atoms with Gasteiger partial charge in [-0.2, -0.15) is 0 Å². The zero-order valence-electron chi connectivity index (χ0n) is 19.4. The molecular weight excluding hydrogens is 480 g/mol. The molecule has 6 nitrogen and oxygen atoms in total. The zero-order chi connectivity index (χ0) is 24.4. The number of aryl methyl sites for hydroxylation is 2. The highest BCUT2D eigenvalue weighted by molar-refractivity contribution is 7.22. The number of anilines is 1. The number of fused-ring (bicyclic) bond motifs is 2. The summed E-state index contributed by atoms with van der Waals surface area (Å²) < 4.78 is 6.73. The average molecular weight is 503 g/mol. The number of amides is 1. The summed E-state index contributed by atoms with van der Waals surface area (Å²) in [5, 5.41) is 13.7. The molecule has 2 atom stereocenters. The number of benzene rings is 2. The van der Waals surface area contributed by atoms with Crippen LogP contribution >= 0.6 is 22.7 Å². The molecule has 1 fully saturated rings. The van der Waals surface area contributed by atoms with Crippen LogP contribution in [-0.2, 0) is 16.0 Å². The van der Waals surface area contributed by atoms with Gasteiger partial charge < -0.3 is 9.84 Å². The Hall–Kier alpha value is -3.49. The molecule has 0 bridgehead atoms. The molecule has 2 aliphatic rings. The van der Waals surface area contributed by atoms with Crippen LogP contribution in [0.1, 0.15) is 40.1 Å². The lowest BCUT2D eigenvalue weighted by atomic mass is 9.98. The minimum absolute atomic E-state index is 0.0604. The lowest BCUT2D eigenvalue weighted by Gasteiger charge is -2.21. The van der Waals surface area contributed by atoms with E-state index in [9.17, 15) is 14.7 Å². The Bertz CT molecular complexity index is 1550. The summed E-state index contributed by atoms with van der Waals surface area (Å²) in [6, 6.07) is 12.5. The first-order valence-corrected chi connectivity index (χ1v) is 13.0. The minimum atomic E-state index is -0.750. The van der Waals surface area contributed by atoms with Crippen molar-refractivity contribution in [1.29, 1.82) is 0 Å². The van der Waals surface area contributed by atoms with Gasteiger partial charge >= 0.3 is 5.91 Å². The van der Waals surface area contributed by atoms with E-state index in [2.05, 4.69) is 6.07 Å². The zero-order valence-corrected chi connectivity index (χ0v) is 21.0. The van der Waals surface area contributed by atoms with Crippen molar-refractivity contribution in [1.82, 2.24) is 4.98 Å². The molecule has 0 aliphatic carbocycles. The summed E-state index contributed by atoms with van der Waals surface area (Å²) in [4.78, 5) is 33.8. The number of aliphatic hydroxyl groups is 1. The number of rotatable bonds is 3. The van der Waals surface area contributed by atoms with Gasteiger partial charge in [-0.05, 0) is 73.2 Å². The van der Waals surface area contributed by atoms with Gasteiger partial charge in [0.25, 0.3) is 5.78 Å². The van der Waals surface area contributed by atoms with Gasteiger partial charge in [-0.1, -0.05) is 23.5 Å². The number of carbonyl (C=O) groups excluding carboxylic acids is 2. The van der Waals surface area contributed by atoms with Crippen molar-refractivity contribution in [2.75, 3.05) is 4.90 Å². The molecule has 2 aromatic heterocycles. The van der Waals surface area contributed by atoms with Crippen molar-refractivity contribution in [3.63, 3.8) is 0 Å². The second kappa shape index (κ2) is 8.03. The molecule has 1 N–H and O–H groups in total. The lowest BCUT2D eigenvalue weighted by molar-refractivity contribution is -0.132. The quantitative estimate of drug-likeness (QED) is 0.214. The maximum absolute atomic E-state index is 13.4. The maximum Gasteiger partial charge on any atom is 0.301 e. The lowest BCUT2D eigenvalue weighted by Crippen LogP contribution is -2.28. The van der Waals surface area contributed by atoms with Crippen molar-refractivity contribution < 1.29 is 19.4 Å². The van der Waals surface area contributed by atoms with Crippen LogP contribution in [-0.4, -0.2) is 27.9 Å². The molecule has 0 spiro atoms. The Morgan fingerprint density at radius 1 is 1.17 bits per heavy atom. The van der Waals surface area contributed by atoms with Crippen molar-refractivity contribution in [3.05, 3.63) is 80.5 Å². The normalized spacial score (nSPS) is 21.1. The van der Waals surface area contributed by atoms with E-state index < -0.39 is 17.7 Å². The van der Waals surface area contributed by atoms with Crippen molar-refractivity contribution in [2.45, 2.75) is 39.3 Å². The van der Waals surface area contributed by atoms with Crippen LogP contribution in [0.3, 0.4) is 0 Å². The first-order valence-electron chi connectivity index (χ1n) is 11.3. The van der Waals surface area contributed by atoms with Gasteiger partial charge in [0.05, 0.1) is 15.8 Å². The third-order valence-electron chi connectivity index (χ3n) is 6.45. The third kappa shape index (κ3) is 3.47. The first kappa shape index (κ1) is 22.0. The average Bonchev–Trinajstić information content (AvgIpc) is 3.59. The van der Waals surface area contributed by atoms with Crippen LogP contribution in [0, 0.1) is 13.8 Å². The highest BCUT2D eigenvalue weighted by Gasteiger charge is 2.48. The Kier molecular flexibility index (Phi) is 5.05. The minimum Gasteiger partial charge on any atom is -0.507 e. The second-order valence-corrected chi connectivity index (χ2v) is 11.1. The fourth-order valence-corrected chi connectivity index (χ4v) is 6.92. The fourth-order valence-electron chi connectivity index (χ4n) is 4.93. The Labute approximate surface area is 210 Å². The predicted molar refractivity (Wildman–Crippen MR) is 138 cm³/mol. The van der Waals surface area contributed by atoms with Gasteiger partial charge in [0.15, 0.2) is 5.13 Å². The van der Waals surface area contributed by atoms with Crippen molar-refractivity contribution in [3.8, 4) is 5.75 Å². The molecule has 6 rings (SSSR count). The van der Waals surface area contributed by atoms with Crippen molar-refractivity contribution in [2.24, 2.45) is 0 Å². The van der Waals surface area contributed by atoms with Gasteiger partial charge in [0.2, 0.25) is 0 Å². The van der Waals surface area contributed by atoms with Crippen LogP contribution in [0.15, 0.2) is 53.4 Å². The molecule has 2 unspecified atom stereocenters. The van der Waals surface area contributed by atoms with E-state index in [1.165, 1.54) is 27.6 Å². The fraction of sp³-hybridized carbons (Fsp3) is 0.222. The molecule has 4 heterocycles. The molecule has 176 valence electrons. The Morgan fingerprint density at radius 2 is 2.00 bits per heavy atom. The summed E-state index contributed by atoms with van der Waals surface area (Å²) in [5.74, 6) is -0.793. The number of carbonyl (C=O) groups is 2. The van der Waals surface area contributed by atoms with E-state index in [1.54, 1.807) is 6.07 Å². The summed E-state index contributed by atoms with van der Waals surface area (Å²) in [7, 11) is 0. The number of aliphatic hydroxyl groups excluding tert-OH is 1. The molecule has 8 heteroatoms. The van der Waals surface area contributed by atoms with Gasteiger partial charge in [-0.15, -0.1) is 11.3 Å². The second-order valence-electron chi connectivity index (χ2n) is 9.06. The van der Waals surface area contributed by atoms with Crippen LogP contribution in [0.5, 0.6) is 5.75 Å². The number of hydrogen-bond donors (Lipinski definition) is 1. The molecule has 2 aliphatic heterocycles. The van der Waals surface area contributed by atoms with Crippen LogP contribution in [0.25, 0.3) is 16.0 Å². The maximum atomic E-state index is 13.4. The monoisotopic (exact) mass is 502 g/mol. The van der Waals surface area contributed by atoms with Gasteiger partial charge in [-0.3, -0.25) is 14.5 Å². The highest BCUT2D eigenvalue weighted by atomic mass is 32.1. The van der Waals surface area contributed by atoms with E-state index in [0.717, 1.165) is 44.0 Å². The number of aromatic nitrogens is 1. The predicted octanol–water partition coefficient (Wildman–Crippen LogP) is 5.92. The number of ether oxygens (including phenoxy) is 1. The number of Topliss-reactive ketones (excluding diaryl/α,β-unsaturated/α-hetero) is 1. The van der Waals surface area contributed by atoms with E-state index in [4.69, 9.17) is 9.72 Å². The smallest absolute Gasteiger partial charge is 0.301 e. The van der Waals surface area contributed by atoms with Gasteiger partial charge in [0, 0.05) is 16.9 Å². The number of thiophene rings is 1. The molecule has 1 amide bonds. The summed E-state index contributed by atoms with van der Waals surface area (Å²) in [6.45, 7) is 6.00. The number of hydrogen-bond acceptors (Lipinski definition) is 7. The molecule has 0 radical (unpaired) electrons. The van der Waals surface area contributed by atoms with Gasteiger partial charge in [0.1, 0.15) is 23.7 Å². The molecule has 2 aromatic carbocycles. The van der Waals surface area contributed by atoms with Crippen molar-refractivity contribution >= 4 is 55.5 Å². The van der Waals surface area contributed by atoms with E-state index in [-0.39, 0.29) is 17.4 Å². The molecule has 4 aromatic rings. The highest BCUT2D eigenvalue weighted by Crippen LogP contribution is 2.46. The number of ketones is 1. The van der Waals surface area contributed by atoms with Crippen LogP contribution < -0.4 is 9.64 Å². The van der Waals surface area contributed by atoms with E-state index in [1.807, 2.05) is 56.5 Å². The summed E-state index contributed by atoms with van der Waals surface area (Å²) >= 11 is 2.82. The first-order chi connectivity index (χ1) is 16.8. The molecule has 0 saturated carbocycles. The topological polar surface area (TPSA) is 79.7 Å². The number of nitrogens with zero attached hydrogens (tertiary/aromatic N) is 2. The van der Waals surface area contributed by atoms with Crippen LogP contribution in [0.4, 0.5) is 5.13 Å². The third-order valence-corrected chi connectivity index (χ3v) is 8.38. The SMILES string of the molecule is Cc1cc(C)c2nc(N3C(=O)C(=O)/C(=C(\O)c4ccc5c(c4)CC(C)O5)C3c3cccs3)sc2c1. The Balaban J connectivity index is 1.52. The largest absolute Gasteiger partial charge is 0.507 e. The standard InChI is InChI=1S/C27H22N2O4S2/c1-13-9-14(2)22-20(10-13)35-27(28-22)29-23(19-5-4-8-34-19)21(25(31)26(29)32)24(30)16-6-7-18-17(12-16)11-15(3)33-18/h4-10,12,15,23,30H,11H2,1-3H3/b24-21-. The van der Waals surface area contributed by atoms with Gasteiger partial charge in [-0.25, -0.2) is 4.98 Å². The van der Waals surface area contributed by atoms with E-state index in [0.29, 0.717) is 10.7 Å². The molecule has 35 heavy (non-hydrogen) atoms. The van der Waals surface area contributed by atoms with Crippen LogP contribution in [0.2, 0.25) is 0 Å². The summed E-state index contributed by atoms with van der Waals surface area (Å²) in [6.07, 6.45) is 0.786. The number of thiazole rings is 1. The Morgan fingerprint density at radius 3 is 2.77 bits per heavy atom. The molecular formula is C27H22N2O4S2. The summed E-state index contributed by atoms with van der Waals surface area (Å²) in [5.41, 5.74) is 4.49. The van der Waals surface area contributed by atoms with E-state index >= 15 is 0 Å².